The van der Waals surface area contributed by atoms with Gasteiger partial charge in [0.25, 0.3) is 0 Å². The summed E-state index contributed by atoms with van der Waals surface area (Å²) in [6.45, 7) is 1.72. The Morgan fingerprint density at radius 1 is 1.58 bits per heavy atom. The molecule has 0 fully saturated rings. The summed E-state index contributed by atoms with van der Waals surface area (Å²) in [5.41, 5.74) is 0.843. The molecule has 0 saturated heterocycles. The maximum absolute atomic E-state index is 9.03. The molecule has 0 aliphatic rings. The van der Waals surface area contributed by atoms with Crippen molar-refractivity contribution in [1.82, 2.24) is 9.55 Å². The van der Waals surface area contributed by atoms with Gasteiger partial charge in [-0.15, -0.1) is 0 Å². The first-order valence-corrected chi connectivity index (χ1v) is 2.86. The molecule has 0 spiro atoms. The molecule has 0 aliphatic heterocycles. The van der Waals surface area contributed by atoms with E-state index in [1.54, 1.807) is 24.0 Å². The van der Waals surface area contributed by atoms with Crippen LogP contribution in [0.2, 0.25) is 0 Å². The first-order chi connectivity index (χ1) is 4.22. The van der Waals surface area contributed by atoms with Gasteiger partial charge in [0.05, 0.1) is 24.3 Å². The van der Waals surface area contributed by atoms with Crippen molar-refractivity contribution in [2.45, 2.75) is 13.0 Å². The second-order valence-electron chi connectivity index (χ2n) is 2.11. The summed E-state index contributed by atoms with van der Waals surface area (Å²) in [6, 6.07) is 0. The zero-order valence-corrected chi connectivity index (χ0v) is 10.7. The van der Waals surface area contributed by atoms with Crippen molar-refractivity contribution in [3.63, 3.8) is 0 Å². The van der Waals surface area contributed by atoms with Gasteiger partial charge in [-0.25, -0.2) is 4.98 Å². The summed E-state index contributed by atoms with van der Waals surface area (Å²) >= 11 is 0. The van der Waals surface area contributed by atoms with E-state index in [0.717, 1.165) is 5.69 Å². The Labute approximate surface area is 100 Å². The van der Waals surface area contributed by atoms with E-state index in [9.17, 15) is 0 Å². The number of aliphatic hydroxyl groups excluding tert-OH is 1. The minimum absolute atomic E-state index is 0. The molecule has 3 nitrogen and oxygen atoms in total. The predicted molar refractivity (Wildman–Crippen MR) is 46.0 cm³/mol. The Balaban J connectivity index is -0.000000270. The van der Waals surface area contributed by atoms with Crippen molar-refractivity contribution in [2.24, 2.45) is 7.05 Å². The summed E-state index contributed by atoms with van der Waals surface area (Å²) in [4.78, 5) is 3.85. The van der Waals surface area contributed by atoms with Crippen molar-refractivity contribution in [2.75, 3.05) is 0 Å². The summed E-state index contributed by atoms with van der Waals surface area (Å²) in [5.74, 6) is 0. The molecular weight excluding hydrogens is 232 g/mol. The van der Waals surface area contributed by atoms with Crippen LogP contribution in [0, 0.1) is 7.43 Å². The third-order valence-electron chi connectivity index (χ3n) is 1.28. The van der Waals surface area contributed by atoms with Crippen LogP contribution in [-0.4, -0.2) is 37.7 Å². The predicted octanol–water partition coefficient (Wildman–Crippen LogP) is -2.45. The van der Waals surface area contributed by atoms with Gasteiger partial charge in [0.1, 0.15) is 0 Å². The van der Waals surface area contributed by atoms with Crippen molar-refractivity contribution in [1.29, 1.82) is 0 Å². The maximum Gasteiger partial charge on any atom is 2.00 e. The van der Waals surface area contributed by atoms with Crippen LogP contribution in [0.5, 0.6) is 0 Å². The minimum atomic E-state index is -0.419. The van der Waals surface area contributed by atoms with E-state index >= 15 is 0 Å². The second kappa shape index (κ2) is 8.03. The summed E-state index contributed by atoms with van der Waals surface area (Å²) < 4.78 is 1.80. The van der Waals surface area contributed by atoms with E-state index in [-0.39, 0.29) is 47.5 Å². The van der Waals surface area contributed by atoms with Crippen LogP contribution < -0.4 is 17.0 Å². The van der Waals surface area contributed by atoms with E-state index in [1.165, 1.54) is 0 Å². The van der Waals surface area contributed by atoms with Crippen LogP contribution in [0.4, 0.5) is 0 Å². The van der Waals surface area contributed by atoms with Crippen LogP contribution >= 0.6 is 0 Å². The molecule has 0 aromatic carbocycles. The fourth-order valence-electron chi connectivity index (χ4n) is 0.770. The van der Waals surface area contributed by atoms with E-state index in [2.05, 4.69) is 4.98 Å². The van der Waals surface area contributed by atoms with Gasteiger partial charge < -0.3 is 34.1 Å². The van der Waals surface area contributed by atoms with Crippen molar-refractivity contribution < 1.29 is 22.1 Å². The summed E-state index contributed by atoms with van der Waals surface area (Å²) in [6.07, 6.45) is 2.91. The van der Waals surface area contributed by atoms with Crippen molar-refractivity contribution in [3.8, 4) is 0 Å². The molecule has 1 N–H and O–H groups in total. The normalized spacial score (nSPS) is 10.2. The van der Waals surface area contributed by atoms with E-state index in [4.69, 9.17) is 5.11 Å². The van der Waals surface area contributed by atoms with E-state index < -0.39 is 6.10 Å². The second-order valence-corrected chi connectivity index (χ2v) is 2.11. The number of nitrogens with zero attached hydrogens (tertiary/aromatic N) is 2. The maximum atomic E-state index is 9.03. The third-order valence-corrected chi connectivity index (χ3v) is 1.28. The Morgan fingerprint density at radius 2 is 2.08 bits per heavy atom. The van der Waals surface area contributed by atoms with Gasteiger partial charge in [0.15, 0.2) is 0 Å². The molecule has 1 atom stereocenters. The molecule has 1 aromatic heterocycles. The third kappa shape index (κ3) is 4.44. The van der Waals surface area contributed by atoms with E-state index in [0.29, 0.717) is 0 Å². The number of hydrogen-bond donors (Lipinski definition) is 1. The van der Waals surface area contributed by atoms with Gasteiger partial charge in [-0.2, -0.15) is 0 Å². The number of aryl methyl sites for hydroxylation is 1. The van der Waals surface area contributed by atoms with Crippen molar-refractivity contribution in [3.05, 3.63) is 25.6 Å². The monoisotopic (exact) mass is 244 g/mol. The Bertz CT molecular complexity index is 203. The van der Waals surface area contributed by atoms with Crippen LogP contribution in [0.15, 0.2) is 12.5 Å². The molecule has 1 unspecified atom stereocenters. The number of aromatic nitrogens is 2. The number of aliphatic hydroxyl groups is 1. The number of rotatable bonds is 1. The average molecular weight is 245 g/mol. The molecule has 1 rings (SSSR count). The Morgan fingerprint density at radius 3 is 2.25 bits per heavy atom. The standard InChI is InChI=1S/C6H10N2O.CH3.BrH.Mg/c1-5(9)6-3-7-4-8(6)2;;;/h3-5,9H,1-2H3;1H3;1H;/q;-1;;+2/p-1. The fraction of sp³-hybridized carbons (Fsp3) is 0.429. The van der Waals surface area contributed by atoms with Crippen LogP contribution in [0.1, 0.15) is 18.7 Å². The molecule has 0 radical (unpaired) electrons. The zero-order valence-electron chi connectivity index (χ0n) is 7.66. The Kier molecular flexibility index (Phi) is 12.2. The zero-order chi connectivity index (χ0) is 6.85. The number of halogens is 1. The molecule has 0 amide bonds. The molecule has 5 heteroatoms. The van der Waals surface area contributed by atoms with Gasteiger partial charge >= 0.3 is 23.1 Å². The first-order valence-electron chi connectivity index (χ1n) is 2.86. The smallest absolute Gasteiger partial charge is 1.00 e. The fourth-order valence-corrected chi connectivity index (χ4v) is 0.770. The molecule has 66 valence electrons. The van der Waals surface area contributed by atoms with Crippen LogP contribution in [0.3, 0.4) is 0 Å². The summed E-state index contributed by atoms with van der Waals surface area (Å²) in [7, 11) is 1.86. The molecule has 0 aliphatic carbocycles. The largest absolute Gasteiger partial charge is 2.00 e. The minimum Gasteiger partial charge on any atom is -1.00 e. The molecule has 1 aromatic rings. The van der Waals surface area contributed by atoms with Crippen molar-refractivity contribution >= 4 is 23.1 Å². The summed E-state index contributed by atoms with van der Waals surface area (Å²) in [5, 5.41) is 9.03. The quantitative estimate of drug-likeness (QED) is 0.440. The van der Waals surface area contributed by atoms with E-state index in [1.807, 2.05) is 7.05 Å². The average Bonchev–Trinajstić information content (AvgIpc) is 2.13. The molecular formula is C7H13BrMgN2O. The van der Waals surface area contributed by atoms with Gasteiger partial charge in [-0.3, -0.25) is 0 Å². The topological polar surface area (TPSA) is 38.1 Å². The van der Waals surface area contributed by atoms with Crippen LogP contribution in [0.25, 0.3) is 0 Å². The molecule has 0 bridgehead atoms. The number of hydrogen-bond acceptors (Lipinski definition) is 2. The molecule has 0 saturated carbocycles. The molecule has 12 heavy (non-hydrogen) atoms. The van der Waals surface area contributed by atoms with Gasteiger partial charge in [-0.05, 0) is 6.92 Å². The molecule has 1 heterocycles. The van der Waals surface area contributed by atoms with Gasteiger partial charge in [-0.1, -0.05) is 0 Å². The Hall–Kier alpha value is 0.416. The van der Waals surface area contributed by atoms with Gasteiger partial charge in [0, 0.05) is 7.05 Å². The number of imidazole rings is 1. The van der Waals surface area contributed by atoms with Crippen LogP contribution in [-0.2, 0) is 7.05 Å². The first kappa shape index (κ1) is 18.3. The van der Waals surface area contributed by atoms with Gasteiger partial charge in [0.2, 0.25) is 0 Å². The SMILES string of the molecule is CC(O)c1cncn1C.[Br-].[CH3-].[Mg+2].